The van der Waals surface area contributed by atoms with Crippen molar-refractivity contribution in [3.63, 3.8) is 0 Å². The Morgan fingerprint density at radius 2 is 1.16 bits per heavy atom. The fraction of sp³-hybridized carbons (Fsp3) is 1.00. The van der Waals surface area contributed by atoms with Crippen molar-refractivity contribution in [3.8, 4) is 0 Å². The molecule has 1 aliphatic heterocycles. The maximum absolute atomic E-state index is 13.3. The summed E-state index contributed by atoms with van der Waals surface area (Å²) in [7, 11) is 0. The van der Waals surface area contributed by atoms with Gasteiger partial charge in [-0.2, -0.15) is 57.1 Å². The van der Waals surface area contributed by atoms with E-state index in [0.29, 0.717) is 0 Å². The fourth-order valence-electron chi connectivity index (χ4n) is 1.42. The van der Waals surface area contributed by atoms with E-state index < -0.39 is 54.4 Å². The van der Waals surface area contributed by atoms with E-state index in [1.54, 1.807) is 0 Å². The lowest BCUT2D eigenvalue weighted by molar-refractivity contribution is -0.578. The van der Waals surface area contributed by atoms with Gasteiger partial charge in [-0.3, -0.25) is 0 Å². The highest BCUT2D eigenvalue weighted by Gasteiger charge is 2.85. The molecule has 0 N–H and O–H groups in total. The van der Waals surface area contributed by atoms with E-state index in [1.807, 2.05) is 4.74 Å². The summed E-state index contributed by atoms with van der Waals surface area (Å²) in [6, 6.07) is -13.7. The molecule has 0 aliphatic carbocycles. The van der Waals surface area contributed by atoms with Crippen LogP contribution in [0.3, 0.4) is 0 Å². The van der Waals surface area contributed by atoms with Crippen molar-refractivity contribution < 1.29 is 70.9 Å². The summed E-state index contributed by atoms with van der Waals surface area (Å²) in [4.78, 5) is -3.31. The second kappa shape index (κ2) is 5.70. The molecule has 0 amide bonds. The van der Waals surface area contributed by atoms with E-state index in [-0.39, 0.29) is 0 Å². The number of hydrogen-bond donors (Lipinski definition) is 0. The predicted octanol–water partition coefficient (Wildman–Crippen LogP) is 4.16. The number of hydrogen-bond acceptors (Lipinski definition) is 3. The Morgan fingerprint density at radius 3 is 1.48 bits per heavy atom. The van der Waals surface area contributed by atoms with Gasteiger partial charge in [0.15, 0.2) is 0 Å². The van der Waals surface area contributed by atoms with Crippen LogP contribution in [0.25, 0.3) is 0 Å². The number of ether oxygens (including phenoxy) is 2. The van der Waals surface area contributed by atoms with Crippen LogP contribution in [0.1, 0.15) is 0 Å². The molecule has 1 fully saturated rings. The van der Waals surface area contributed by atoms with Gasteiger partial charge >= 0.3 is 36.6 Å². The lowest BCUT2D eigenvalue weighted by atomic mass is 10.2. The predicted molar refractivity (Wildman–Crippen MR) is 44.6 cm³/mol. The summed E-state index contributed by atoms with van der Waals surface area (Å²) in [5.74, 6) is 0. The molecule has 1 unspecified atom stereocenters. The molecule has 0 aromatic rings. The van der Waals surface area contributed by atoms with Crippen molar-refractivity contribution in [1.29, 1.82) is 0 Å². The highest BCUT2D eigenvalue weighted by atomic mass is 19.4. The van der Waals surface area contributed by atoms with Gasteiger partial charge in [0.05, 0.1) is 0 Å². The van der Waals surface area contributed by atoms with Gasteiger partial charge < -0.3 is 4.74 Å². The van der Waals surface area contributed by atoms with Gasteiger partial charge in [-0.15, -0.1) is 4.90 Å². The number of nitrogens with zero attached hydrogens (tertiary/aromatic N) is 1. The summed E-state index contributed by atoms with van der Waals surface area (Å²) in [6.45, 7) is -3.10. The second-order valence-electron chi connectivity index (χ2n) is 4.39. The Bertz CT molecular complexity index is 476. The molecule has 1 aliphatic rings. The monoisotopic (exact) mass is 411 g/mol. The average molecular weight is 411 g/mol. The molecule has 0 saturated carbocycles. The third kappa shape index (κ3) is 3.71. The standard InChI is InChI=1S/C8H3F14NO2/c9-2(4(13,14)24-1-3(10,11)12)23-5(15,16)7(19,20)25-8(21,22)6(23,17)18/h2H,1H2. The molecule has 25 heavy (non-hydrogen) atoms. The smallest absolute Gasteiger partial charge is 0.308 e. The minimum Gasteiger partial charge on any atom is -0.308 e. The van der Waals surface area contributed by atoms with Crippen LogP contribution in [-0.2, 0) is 9.47 Å². The first-order valence-corrected chi connectivity index (χ1v) is 5.42. The highest BCUT2D eigenvalue weighted by molar-refractivity contribution is 4.97. The van der Waals surface area contributed by atoms with Gasteiger partial charge in [0.25, 0.3) is 6.30 Å². The van der Waals surface area contributed by atoms with Crippen LogP contribution in [0.5, 0.6) is 0 Å². The van der Waals surface area contributed by atoms with Gasteiger partial charge in [0, 0.05) is 0 Å². The average Bonchev–Trinajstić information content (AvgIpc) is 2.32. The molecule has 0 bridgehead atoms. The maximum Gasteiger partial charge on any atom is 0.439 e. The first-order chi connectivity index (χ1) is 10.7. The van der Waals surface area contributed by atoms with Crippen LogP contribution in [0.4, 0.5) is 61.5 Å². The summed E-state index contributed by atoms with van der Waals surface area (Å²) in [5, 5.41) is 0. The molecule has 1 heterocycles. The van der Waals surface area contributed by atoms with Gasteiger partial charge in [0.2, 0.25) is 0 Å². The molecule has 0 spiro atoms. The third-order valence-electron chi connectivity index (χ3n) is 2.49. The number of alkyl halides is 14. The van der Waals surface area contributed by atoms with Gasteiger partial charge in [0.1, 0.15) is 6.61 Å². The van der Waals surface area contributed by atoms with Crippen molar-refractivity contribution >= 4 is 0 Å². The van der Waals surface area contributed by atoms with E-state index >= 15 is 0 Å². The molecule has 3 nitrogen and oxygen atoms in total. The zero-order chi connectivity index (χ0) is 20.3. The summed E-state index contributed by atoms with van der Waals surface area (Å²) < 4.78 is 182. The van der Waals surface area contributed by atoms with Crippen LogP contribution >= 0.6 is 0 Å². The van der Waals surface area contributed by atoms with Crippen LogP contribution < -0.4 is 0 Å². The van der Waals surface area contributed by atoms with Crippen LogP contribution in [0.15, 0.2) is 0 Å². The fourth-order valence-corrected chi connectivity index (χ4v) is 1.42. The number of rotatable bonds is 4. The van der Waals surface area contributed by atoms with E-state index in [2.05, 4.69) is 4.74 Å². The topological polar surface area (TPSA) is 21.7 Å². The minimum absolute atomic E-state index is 1.86. The van der Waals surface area contributed by atoms with Crippen LogP contribution in [0.2, 0.25) is 0 Å². The van der Waals surface area contributed by atoms with Gasteiger partial charge in [-0.25, -0.2) is 9.13 Å². The van der Waals surface area contributed by atoms with E-state index in [9.17, 15) is 61.5 Å². The third-order valence-corrected chi connectivity index (χ3v) is 2.49. The van der Waals surface area contributed by atoms with E-state index in [4.69, 9.17) is 0 Å². The molecule has 0 aromatic carbocycles. The van der Waals surface area contributed by atoms with Crippen molar-refractivity contribution in [1.82, 2.24) is 4.90 Å². The van der Waals surface area contributed by atoms with Crippen LogP contribution in [0, 0.1) is 0 Å². The molecule has 17 heteroatoms. The number of halogens is 14. The Hall–Kier alpha value is -1.10. The highest BCUT2D eigenvalue weighted by Crippen LogP contribution is 2.57. The zero-order valence-corrected chi connectivity index (χ0v) is 10.8. The second-order valence-corrected chi connectivity index (χ2v) is 4.39. The Morgan fingerprint density at radius 1 is 0.800 bits per heavy atom. The molecule has 0 radical (unpaired) electrons. The molecule has 1 saturated heterocycles. The minimum atomic E-state index is -6.83. The largest absolute Gasteiger partial charge is 0.439 e. The Balaban J connectivity index is 3.33. The first-order valence-electron chi connectivity index (χ1n) is 5.42. The van der Waals surface area contributed by atoms with E-state index in [0.717, 1.165) is 0 Å². The Labute approximate surface area is 127 Å². The Kier molecular flexibility index (Phi) is 5.00. The van der Waals surface area contributed by atoms with Crippen molar-refractivity contribution in [2.75, 3.05) is 6.61 Å². The van der Waals surface area contributed by atoms with Crippen molar-refractivity contribution in [2.24, 2.45) is 0 Å². The normalized spacial score (nSPS) is 27.1. The molecule has 1 atom stereocenters. The lowest BCUT2D eigenvalue weighted by Crippen LogP contribution is -2.77. The molecular weight excluding hydrogens is 408 g/mol. The maximum atomic E-state index is 13.3. The van der Waals surface area contributed by atoms with E-state index in [1.165, 1.54) is 0 Å². The van der Waals surface area contributed by atoms with Gasteiger partial charge in [-0.05, 0) is 0 Å². The first kappa shape index (κ1) is 21.9. The summed E-state index contributed by atoms with van der Waals surface area (Å²) in [5.41, 5.74) is 0. The van der Waals surface area contributed by atoms with Crippen molar-refractivity contribution in [3.05, 3.63) is 0 Å². The SMILES string of the molecule is FC(N1C(F)(F)C(F)(F)OC(F)(F)C1(F)F)C(F)(F)OCC(F)(F)F. The molecule has 1 rings (SSSR count). The zero-order valence-electron chi connectivity index (χ0n) is 10.8. The summed E-state index contributed by atoms with van der Waals surface area (Å²) >= 11 is 0. The quantitative estimate of drug-likeness (QED) is 0.513. The number of morpholine rings is 1. The summed E-state index contributed by atoms with van der Waals surface area (Å²) in [6.07, 6.45) is -30.7. The van der Waals surface area contributed by atoms with Gasteiger partial charge in [-0.1, -0.05) is 0 Å². The molecule has 0 aromatic heterocycles. The molecular formula is C8H3F14NO2. The lowest BCUT2D eigenvalue weighted by Gasteiger charge is -2.48. The van der Waals surface area contributed by atoms with Crippen molar-refractivity contribution in [2.45, 2.75) is 42.9 Å². The van der Waals surface area contributed by atoms with Crippen LogP contribution in [-0.4, -0.2) is 54.4 Å². The molecule has 150 valence electrons.